The van der Waals surface area contributed by atoms with Crippen LogP contribution in [-0.2, 0) is 4.79 Å². The lowest BCUT2D eigenvalue weighted by molar-refractivity contribution is -0.137. The zero-order chi connectivity index (χ0) is 14.5. The van der Waals surface area contributed by atoms with E-state index in [0.717, 1.165) is 11.3 Å². The first-order chi connectivity index (χ1) is 9.58. The molecule has 5 nitrogen and oxygen atoms in total. The average Bonchev–Trinajstić information content (AvgIpc) is 2.88. The van der Waals surface area contributed by atoms with E-state index in [4.69, 9.17) is 9.84 Å². The Morgan fingerprint density at radius 1 is 1.30 bits per heavy atom. The fourth-order valence-electron chi connectivity index (χ4n) is 1.93. The van der Waals surface area contributed by atoms with E-state index >= 15 is 0 Å². The van der Waals surface area contributed by atoms with E-state index in [2.05, 4.69) is 18.9 Å². The van der Waals surface area contributed by atoms with Crippen molar-refractivity contribution in [2.75, 3.05) is 6.61 Å². The van der Waals surface area contributed by atoms with E-state index in [0.29, 0.717) is 11.8 Å². The molecule has 106 valence electrons. The maximum absolute atomic E-state index is 10.4. The van der Waals surface area contributed by atoms with Crippen LogP contribution in [0.4, 0.5) is 0 Å². The van der Waals surface area contributed by atoms with Gasteiger partial charge in [0, 0.05) is 17.8 Å². The van der Waals surface area contributed by atoms with Crippen LogP contribution in [-0.4, -0.2) is 27.5 Å². The maximum atomic E-state index is 10.4. The molecule has 0 aliphatic rings. The first kappa shape index (κ1) is 14.1. The van der Waals surface area contributed by atoms with Crippen LogP contribution >= 0.6 is 0 Å². The van der Waals surface area contributed by atoms with Gasteiger partial charge in [-0.1, -0.05) is 0 Å². The van der Waals surface area contributed by atoms with Crippen molar-refractivity contribution in [3.63, 3.8) is 0 Å². The second-order valence-corrected chi connectivity index (χ2v) is 4.77. The van der Waals surface area contributed by atoms with E-state index < -0.39 is 5.97 Å². The summed E-state index contributed by atoms with van der Waals surface area (Å²) in [6.45, 7) is 4.35. The molecule has 5 heteroatoms. The number of aromatic nitrogens is 2. The summed E-state index contributed by atoms with van der Waals surface area (Å²) in [6, 6.07) is 9.86. The van der Waals surface area contributed by atoms with E-state index in [1.54, 1.807) is 6.20 Å². The smallest absolute Gasteiger partial charge is 0.306 e. The Kier molecular flexibility index (Phi) is 4.40. The summed E-state index contributed by atoms with van der Waals surface area (Å²) in [5.74, 6) is -0.187. The summed E-state index contributed by atoms with van der Waals surface area (Å²) in [4.78, 5) is 10.4. The average molecular weight is 274 g/mol. The van der Waals surface area contributed by atoms with E-state index in [-0.39, 0.29) is 13.0 Å². The Balaban J connectivity index is 2.08. The first-order valence-electron chi connectivity index (χ1n) is 6.56. The van der Waals surface area contributed by atoms with Gasteiger partial charge in [-0.15, -0.1) is 0 Å². The van der Waals surface area contributed by atoms with Crippen molar-refractivity contribution in [2.24, 2.45) is 0 Å². The van der Waals surface area contributed by atoms with E-state index in [9.17, 15) is 4.79 Å². The number of ether oxygens (including phenoxy) is 1. The van der Waals surface area contributed by atoms with Crippen LogP contribution in [0.3, 0.4) is 0 Å². The van der Waals surface area contributed by atoms with Crippen LogP contribution < -0.4 is 4.74 Å². The minimum atomic E-state index is -0.859. The second kappa shape index (κ2) is 6.23. The number of hydrogen-bond donors (Lipinski definition) is 1. The number of rotatable bonds is 6. The number of carboxylic acids is 1. The van der Waals surface area contributed by atoms with Gasteiger partial charge in [0.2, 0.25) is 0 Å². The fraction of sp³-hybridized carbons (Fsp3) is 0.333. The fourth-order valence-corrected chi connectivity index (χ4v) is 1.93. The van der Waals surface area contributed by atoms with Crippen LogP contribution in [0.1, 0.15) is 26.3 Å². The summed E-state index contributed by atoms with van der Waals surface area (Å²) in [6.07, 6.45) is 1.79. The largest absolute Gasteiger partial charge is 0.493 e. The number of carbonyl (C=O) groups is 1. The van der Waals surface area contributed by atoms with Crippen molar-refractivity contribution in [3.8, 4) is 17.0 Å². The number of benzene rings is 1. The minimum absolute atomic E-state index is 0.00186. The number of carboxylic acid groups (broad SMARTS) is 1. The van der Waals surface area contributed by atoms with Crippen LogP contribution in [0, 0.1) is 0 Å². The van der Waals surface area contributed by atoms with Gasteiger partial charge in [-0.3, -0.25) is 9.48 Å². The van der Waals surface area contributed by atoms with E-state index in [1.165, 1.54) is 0 Å². The van der Waals surface area contributed by atoms with Crippen molar-refractivity contribution >= 4 is 5.97 Å². The van der Waals surface area contributed by atoms with Gasteiger partial charge in [0.1, 0.15) is 5.75 Å². The topological polar surface area (TPSA) is 64.4 Å². The van der Waals surface area contributed by atoms with Crippen molar-refractivity contribution in [3.05, 3.63) is 36.5 Å². The van der Waals surface area contributed by atoms with Gasteiger partial charge in [0.15, 0.2) is 0 Å². The van der Waals surface area contributed by atoms with Crippen LogP contribution in [0.2, 0.25) is 0 Å². The predicted octanol–water partition coefficient (Wildman–Crippen LogP) is 2.98. The van der Waals surface area contributed by atoms with Gasteiger partial charge in [0.25, 0.3) is 0 Å². The van der Waals surface area contributed by atoms with Gasteiger partial charge in [0.05, 0.1) is 18.7 Å². The summed E-state index contributed by atoms with van der Waals surface area (Å²) in [5, 5.41) is 12.9. The van der Waals surface area contributed by atoms with E-state index in [1.807, 2.05) is 35.0 Å². The lowest BCUT2D eigenvalue weighted by Crippen LogP contribution is -2.05. The monoisotopic (exact) mass is 274 g/mol. The Bertz CT molecular complexity index is 573. The molecule has 0 atom stereocenters. The quantitative estimate of drug-likeness (QED) is 0.879. The van der Waals surface area contributed by atoms with Gasteiger partial charge in [-0.05, 0) is 44.2 Å². The zero-order valence-electron chi connectivity index (χ0n) is 11.6. The Morgan fingerprint density at radius 2 is 2.00 bits per heavy atom. The number of nitrogens with zero attached hydrogens (tertiary/aromatic N) is 2. The van der Waals surface area contributed by atoms with Crippen molar-refractivity contribution in [1.82, 2.24) is 9.78 Å². The zero-order valence-corrected chi connectivity index (χ0v) is 11.6. The maximum Gasteiger partial charge on any atom is 0.306 e. The molecule has 0 spiro atoms. The molecule has 0 unspecified atom stereocenters. The van der Waals surface area contributed by atoms with Crippen LogP contribution in [0.5, 0.6) is 5.75 Å². The molecule has 1 N–H and O–H groups in total. The van der Waals surface area contributed by atoms with Crippen molar-refractivity contribution in [2.45, 2.75) is 26.3 Å². The highest BCUT2D eigenvalue weighted by molar-refractivity contribution is 5.66. The van der Waals surface area contributed by atoms with Crippen LogP contribution in [0.15, 0.2) is 36.5 Å². The van der Waals surface area contributed by atoms with Crippen molar-refractivity contribution < 1.29 is 14.6 Å². The summed E-state index contributed by atoms with van der Waals surface area (Å²) < 4.78 is 7.32. The highest BCUT2D eigenvalue weighted by Crippen LogP contribution is 2.24. The van der Waals surface area contributed by atoms with Gasteiger partial charge < -0.3 is 9.84 Å². The SMILES string of the molecule is CC(C)n1nccc1-c1ccc(OCCC(=O)O)cc1. The third-order valence-corrected chi connectivity index (χ3v) is 2.89. The minimum Gasteiger partial charge on any atom is -0.493 e. The normalized spacial score (nSPS) is 10.8. The van der Waals surface area contributed by atoms with Crippen molar-refractivity contribution in [1.29, 1.82) is 0 Å². The molecule has 1 heterocycles. The standard InChI is InChI=1S/C15H18N2O3/c1-11(2)17-14(7-9-16-17)12-3-5-13(6-4-12)20-10-8-15(18)19/h3-7,9,11H,8,10H2,1-2H3,(H,18,19). The molecule has 1 aromatic heterocycles. The molecule has 0 fully saturated rings. The first-order valence-corrected chi connectivity index (χ1v) is 6.56. The molecular formula is C15H18N2O3. The Morgan fingerprint density at radius 3 is 2.60 bits per heavy atom. The number of aliphatic carboxylic acids is 1. The molecule has 2 rings (SSSR count). The Hall–Kier alpha value is -2.30. The molecular weight excluding hydrogens is 256 g/mol. The highest BCUT2D eigenvalue weighted by Gasteiger charge is 2.08. The second-order valence-electron chi connectivity index (χ2n) is 4.77. The molecule has 0 saturated carbocycles. The predicted molar refractivity (Wildman–Crippen MR) is 75.8 cm³/mol. The third kappa shape index (κ3) is 3.38. The molecule has 20 heavy (non-hydrogen) atoms. The molecule has 2 aromatic rings. The lowest BCUT2D eigenvalue weighted by atomic mass is 10.1. The Labute approximate surface area is 117 Å². The lowest BCUT2D eigenvalue weighted by Gasteiger charge is -2.11. The molecule has 0 aliphatic heterocycles. The molecule has 0 radical (unpaired) electrons. The molecule has 0 bridgehead atoms. The molecule has 0 amide bonds. The summed E-state index contributed by atoms with van der Waals surface area (Å²) in [5.41, 5.74) is 2.11. The van der Waals surface area contributed by atoms with Crippen LogP contribution in [0.25, 0.3) is 11.3 Å². The number of hydrogen-bond acceptors (Lipinski definition) is 3. The van der Waals surface area contributed by atoms with Gasteiger partial charge >= 0.3 is 5.97 Å². The van der Waals surface area contributed by atoms with Gasteiger partial charge in [-0.2, -0.15) is 5.10 Å². The summed E-state index contributed by atoms with van der Waals surface area (Å²) in [7, 11) is 0. The molecule has 0 aliphatic carbocycles. The highest BCUT2D eigenvalue weighted by atomic mass is 16.5. The van der Waals surface area contributed by atoms with Gasteiger partial charge in [-0.25, -0.2) is 0 Å². The molecule has 0 saturated heterocycles. The molecule has 1 aromatic carbocycles. The summed E-state index contributed by atoms with van der Waals surface area (Å²) >= 11 is 0. The third-order valence-electron chi connectivity index (χ3n) is 2.89.